The van der Waals surface area contributed by atoms with Gasteiger partial charge in [-0.25, -0.2) is 0 Å². The lowest BCUT2D eigenvalue weighted by Gasteiger charge is -2.16. The van der Waals surface area contributed by atoms with Gasteiger partial charge in [-0.05, 0) is 133 Å². The van der Waals surface area contributed by atoms with Crippen molar-refractivity contribution in [1.29, 1.82) is 0 Å². The van der Waals surface area contributed by atoms with Gasteiger partial charge in [-0.1, -0.05) is 129 Å². The summed E-state index contributed by atoms with van der Waals surface area (Å²) >= 11 is 0. The highest BCUT2D eigenvalue weighted by Crippen LogP contribution is 2.41. The molecule has 45 heavy (non-hydrogen) atoms. The first-order valence-electron chi connectivity index (χ1n) is 16.0. The smallest absolute Gasteiger partial charge is 0.00206 e. The Bertz CT molecular complexity index is 2690. The Morgan fingerprint density at radius 3 is 1.42 bits per heavy atom. The van der Waals surface area contributed by atoms with Crippen molar-refractivity contribution in [3.05, 3.63) is 145 Å². The molecule has 0 fully saturated rings. The molecule has 0 bridgehead atoms. The molecule has 0 aliphatic rings. The topological polar surface area (TPSA) is 0 Å². The molecule has 0 aliphatic heterocycles. The van der Waals surface area contributed by atoms with Crippen molar-refractivity contribution in [2.45, 2.75) is 19.8 Å². The van der Waals surface area contributed by atoms with Crippen molar-refractivity contribution in [1.82, 2.24) is 0 Å². The van der Waals surface area contributed by atoms with Crippen LogP contribution in [-0.4, -0.2) is 0 Å². The molecule has 0 amide bonds. The summed E-state index contributed by atoms with van der Waals surface area (Å²) in [5, 5.41) is 18.6. The van der Waals surface area contributed by atoms with E-state index < -0.39 is 0 Å². The molecule has 0 aromatic heterocycles. The number of fused-ring (bicyclic) bond motifs is 1. The van der Waals surface area contributed by atoms with Crippen LogP contribution >= 0.6 is 0 Å². The Morgan fingerprint density at radius 1 is 0.333 bits per heavy atom. The molecule has 0 radical (unpaired) electrons. The second kappa shape index (κ2) is 9.03. The van der Waals surface area contributed by atoms with Crippen LogP contribution in [0.5, 0.6) is 0 Å². The lowest BCUT2D eigenvalue weighted by molar-refractivity contribution is 0.870. The van der Waals surface area contributed by atoms with Gasteiger partial charge in [0.2, 0.25) is 0 Å². The zero-order valence-electron chi connectivity index (χ0n) is 25.4. The first-order chi connectivity index (χ1) is 22.1. The molecule has 0 saturated carbocycles. The van der Waals surface area contributed by atoms with Gasteiger partial charge in [0, 0.05) is 0 Å². The van der Waals surface area contributed by atoms with Crippen LogP contribution in [0.15, 0.2) is 140 Å². The fourth-order valence-corrected chi connectivity index (χ4v) is 7.94. The van der Waals surface area contributed by atoms with Gasteiger partial charge in [0.25, 0.3) is 0 Å². The Labute approximate surface area is 261 Å². The SMILES string of the molecule is CC(C)c1cc2ccc3cc(-c4ccc5cc(-c6ccc7ccc8cccc9ccc6c7c89)ccc5c4)cc4ccc(c1)c2c34. The van der Waals surface area contributed by atoms with Gasteiger partial charge in [0.1, 0.15) is 0 Å². The standard InChI is InChI=1S/C45H30/c1-26(2)38-22-34-12-14-36-24-39(25-37-15-13-35(23-38)43(34)44(36)37)32-9-8-31-21-33(11-10-30(31)20-32)40-18-16-29-7-6-27-4-3-5-28-17-19-41(40)45(29)42(27)28/h3-26H,1-2H3. The molecule has 10 aromatic carbocycles. The van der Waals surface area contributed by atoms with E-state index in [9.17, 15) is 0 Å². The van der Waals surface area contributed by atoms with Crippen molar-refractivity contribution in [2.75, 3.05) is 0 Å². The van der Waals surface area contributed by atoms with Crippen LogP contribution in [-0.2, 0) is 0 Å². The second-order valence-corrected chi connectivity index (χ2v) is 13.2. The average molecular weight is 571 g/mol. The molecule has 0 spiro atoms. The third-order valence-electron chi connectivity index (χ3n) is 10.2. The highest BCUT2D eigenvalue weighted by molar-refractivity contribution is 6.26. The molecule has 210 valence electrons. The highest BCUT2D eigenvalue weighted by atomic mass is 14.2. The van der Waals surface area contributed by atoms with Crippen molar-refractivity contribution >= 4 is 75.4 Å². The van der Waals surface area contributed by atoms with E-state index in [-0.39, 0.29) is 0 Å². The minimum atomic E-state index is 0.517. The summed E-state index contributed by atoms with van der Waals surface area (Å²) in [5.74, 6) is 0.517. The lowest BCUT2D eigenvalue weighted by Crippen LogP contribution is -1.91. The summed E-state index contributed by atoms with van der Waals surface area (Å²) in [7, 11) is 0. The normalized spacial score (nSPS) is 12.4. The van der Waals surface area contributed by atoms with Crippen LogP contribution in [0, 0.1) is 0 Å². The zero-order chi connectivity index (χ0) is 29.8. The van der Waals surface area contributed by atoms with Gasteiger partial charge in [-0.3, -0.25) is 0 Å². The maximum absolute atomic E-state index is 2.38. The molecule has 10 rings (SSSR count). The van der Waals surface area contributed by atoms with E-state index in [4.69, 9.17) is 0 Å². The fraction of sp³-hybridized carbons (Fsp3) is 0.0667. The Balaban J connectivity index is 1.09. The van der Waals surface area contributed by atoms with Gasteiger partial charge in [-0.15, -0.1) is 0 Å². The summed E-state index contributed by atoms with van der Waals surface area (Å²) in [4.78, 5) is 0. The van der Waals surface area contributed by atoms with Crippen molar-refractivity contribution in [3.63, 3.8) is 0 Å². The quantitative estimate of drug-likeness (QED) is 0.185. The predicted molar refractivity (Wildman–Crippen MR) is 196 cm³/mol. The van der Waals surface area contributed by atoms with Crippen molar-refractivity contribution in [2.24, 2.45) is 0 Å². The Kier molecular flexibility index (Phi) is 5.00. The molecule has 0 aliphatic carbocycles. The Morgan fingerprint density at radius 2 is 0.778 bits per heavy atom. The Hall–Kier alpha value is -5.46. The van der Waals surface area contributed by atoms with Crippen molar-refractivity contribution < 1.29 is 0 Å². The molecule has 10 aromatic rings. The molecule has 0 atom stereocenters. The molecule has 0 heteroatoms. The number of rotatable bonds is 3. The van der Waals surface area contributed by atoms with Gasteiger partial charge >= 0.3 is 0 Å². The maximum atomic E-state index is 2.38. The third-order valence-corrected chi connectivity index (χ3v) is 10.2. The van der Waals surface area contributed by atoms with Crippen LogP contribution in [0.4, 0.5) is 0 Å². The molecule has 0 heterocycles. The van der Waals surface area contributed by atoms with Crippen LogP contribution in [0.1, 0.15) is 25.3 Å². The highest BCUT2D eigenvalue weighted by Gasteiger charge is 2.14. The fourth-order valence-electron chi connectivity index (χ4n) is 7.94. The number of benzene rings is 10. The van der Waals surface area contributed by atoms with Crippen LogP contribution in [0.25, 0.3) is 97.7 Å². The van der Waals surface area contributed by atoms with E-state index in [1.165, 1.54) is 103 Å². The predicted octanol–water partition coefficient (Wildman–Crippen LogP) is 13.1. The molecular weight excluding hydrogens is 540 g/mol. The average Bonchev–Trinajstić information content (AvgIpc) is 3.08. The molecule has 0 N–H and O–H groups in total. The summed E-state index contributed by atoms with van der Waals surface area (Å²) in [5.41, 5.74) is 6.48. The monoisotopic (exact) mass is 570 g/mol. The van der Waals surface area contributed by atoms with Crippen LogP contribution in [0.3, 0.4) is 0 Å². The largest absolute Gasteiger partial charge is 0.0610 e. The summed E-state index contributed by atoms with van der Waals surface area (Å²) in [6, 6.07) is 52.9. The minimum Gasteiger partial charge on any atom is -0.0610 e. The van der Waals surface area contributed by atoms with E-state index in [2.05, 4.69) is 153 Å². The summed E-state index contributed by atoms with van der Waals surface area (Å²) in [6.45, 7) is 4.55. The van der Waals surface area contributed by atoms with Crippen LogP contribution < -0.4 is 0 Å². The third kappa shape index (κ3) is 3.60. The summed E-state index contributed by atoms with van der Waals surface area (Å²) < 4.78 is 0. The lowest BCUT2D eigenvalue weighted by atomic mass is 9.88. The van der Waals surface area contributed by atoms with Gasteiger partial charge in [-0.2, -0.15) is 0 Å². The first kappa shape index (κ1) is 24.9. The molecule has 0 saturated heterocycles. The van der Waals surface area contributed by atoms with Gasteiger partial charge in [0.15, 0.2) is 0 Å². The van der Waals surface area contributed by atoms with Crippen molar-refractivity contribution in [3.8, 4) is 22.3 Å². The minimum absolute atomic E-state index is 0.517. The van der Waals surface area contributed by atoms with E-state index in [0.717, 1.165) is 0 Å². The van der Waals surface area contributed by atoms with E-state index in [1.807, 2.05) is 0 Å². The first-order valence-corrected chi connectivity index (χ1v) is 16.0. The number of hydrogen-bond acceptors (Lipinski definition) is 0. The van der Waals surface area contributed by atoms with Gasteiger partial charge in [0.05, 0.1) is 0 Å². The van der Waals surface area contributed by atoms with Gasteiger partial charge < -0.3 is 0 Å². The molecule has 0 unspecified atom stereocenters. The van der Waals surface area contributed by atoms with E-state index >= 15 is 0 Å². The zero-order valence-corrected chi connectivity index (χ0v) is 25.4. The maximum Gasteiger partial charge on any atom is -0.00206 e. The number of hydrogen-bond donors (Lipinski definition) is 0. The van der Waals surface area contributed by atoms with E-state index in [1.54, 1.807) is 0 Å². The summed E-state index contributed by atoms with van der Waals surface area (Å²) in [6.07, 6.45) is 0. The molecular formula is C45H30. The van der Waals surface area contributed by atoms with Crippen LogP contribution in [0.2, 0.25) is 0 Å². The second-order valence-electron chi connectivity index (χ2n) is 13.2. The van der Waals surface area contributed by atoms with E-state index in [0.29, 0.717) is 5.92 Å². The molecule has 0 nitrogen and oxygen atoms in total.